The summed E-state index contributed by atoms with van der Waals surface area (Å²) < 4.78 is 25.6. The lowest BCUT2D eigenvalue weighted by Gasteiger charge is -2.40. The van der Waals surface area contributed by atoms with Crippen LogP contribution in [0, 0.1) is 11.7 Å². The number of hydrogen-bond acceptors (Lipinski definition) is 4. The van der Waals surface area contributed by atoms with Gasteiger partial charge in [-0.25, -0.2) is 4.39 Å². The summed E-state index contributed by atoms with van der Waals surface area (Å²) in [6, 6.07) is 3.07. The Morgan fingerprint density at radius 3 is 3.14 bits per heavy atom. The molecule has 0 amide bonds. The van der Waals surface area contributed by atoms with Gasteiger partial charge in [0.05, 0.1) is 23.9 Å². The molecule has 2 fully saturated rings. The minimum absolute atomic E-state index is 0.0578. The molecule has 116 valence electrons. The second kappa shape index (κ2) is 6.38. The van der Waals surface area contributed by atoms with Crippen LogP contribution in [0.25, 0.3) is 0 Å². The van der Waals surface area contributed by atoms with Gasteiger partial charge < -0.3 is 14.8 Å². The summed E-state index contributed by atoms with van der Waals surface area (Å²) >= 11 is 0. The van der Waals surface area contributed by atoms with E-state index < -0.39 is 0 Å². The summed E-state index contributed by atoms with van der Waals surface area (Å²) in [6.07, 6.45) is 4.43. The molecule has 3 heterocycles. The SMILES string of the molecule is CCNC(c1ncccc1F)C1CCOC2(CCOC2)C1. The number of pyridine rings is 1. The van der Waals surface area contributed by atoms with E-state index in [9.17, 15) is 4.39 Å². The van der Waals surface area contributed by atoms with Crippen LogP contribution in [0.2, 0.25) is 0 Å². The minimum Gasteiger partial charge on any atom is -0.378 e. The first-order valence-corrected chi connectivity index (χ1v) is 7.79. The van der Waals surface area contributed by atoms with Crippen LogP contribution >= 0.6 is 0 Å². The van der Waals surface area contributed by atoms with Crippen LogP contribution in [0.5, 0.6) is 0 Å². The largest absolute Gasteiger partial charge is 0.378 e. The molecule has 4 nitrogen and oxygen atoms in total. The van der Waals surface area contributed by atoms with E-state index in [0.717, 1.165) is 32.4 Å². The van der Waals surface area contributed by atoms with Crippen molar-refractivity contribution in [2.24, 2.45) is 5.92 Å². The first-order chi connectivity index (χ1) is 10.2. The smallest absolute Gasteiger partial charge is 0.146 e. The molecule has 1 N–H and O–H groups in total. The number of aromatic nitrogens is 1. The summed E-state index contributed by atoms with van der Waals surface area (Å²) in [7, 11) is 0. The third-order valence-electron chi connectivity index (χ3n) is 4.58. The second-order valence-electron chi connectivity index (χ2n) is 5.99. The van der Waals surface area contributed by atoms with Crippen LogP contribution in [0.1, 0.15) is 37.9 Å². The fourth-order valence-electron chi connectivity index (χ4n) is 3.55. The zero-order chi connectivity index (χ0) is 14.7. The summed E-state index contributed by atoms with van der Waals surface area (Å²) in [5.74, 6) is 0.0939. The number of ether oxygens (including phenoxy) is 2. The van der Waals surface area contributed by atoms with E-state index in [1.54, 1.807) is 12.3 Å². The van der Waals surface area contributed by atoms with Gasteiger partial charge in [0.2, 0.25) is 0 Å². The van der Waals surface area contributed by atoms with Gasteiger partial charge in [-0.2, -0.15) is 0 Å². The molecule has 1 aromatic heterocycles. The first kappa shape index (κ1) is 14.9. The van der Waals surface area contributed by atoms with E-state index in [1.807, 2.05) is 6.92 Å². The maximum Gasteiger partial charge on any atom is 0.146 e. The lowest BCUT2D eigenvalue weighted by molar-refractivity contribution is -0.103. The van der Waals surface area contributed by atoms with Crippen molar-refractivity contribution < 1.29 is 13.9 Å². The maximum atomic E-state index is 14.1. The number of nitrogens with zero attached hydrogens (tertiary/aromatic N) is 1. The Bertz CT molecular complexity index is 477. The monoisotopic (exact) mass is 294 g/mol. The molecule has 1 spiro atoms. The van der Waals surface area contributed by atoms with Crippen molar-refractivity contribution in [1.82, 2.24) is 10.3 Å². The second-order valence-corrected chi connectivity index (χ2v) is 5.99. The Balaban J connectivity index is 1.82. The molecule has 2 aliphatic heterocycles. The van der Waals surface area contributed by atoms with Gasteiger partial charge in [0.15, 0.2) is 0 Å². The quantitative estimate of drug-likeness (QED) is 0.926. The molecule has 0 radical (unpaired) electrons. The van der Waals surface area contributed by atoms with Crippen LogP contribution in [-0.4, -0.2) is 37.0 Å². The Labute approximate surface area is 125 Å². The van der Waals surface area contributed by atoms with Crippen molar-refractivity contribution in [3.8, 4) is 0 Å². The van der Waals surface area contributed by atoms with E-state index in [1.165, 1.54) is 6.07 Å². The van der Waals surface area contributed by atoms with Crippen molar-refractivity contribution in [3.63, 3.8) is 0 Å². The highest BCUT2D eigenvalue weighted by Crippen LogP contribution is 2.40. The topological polar surface area (TPSA) is 43.4 Å². The van der Waals surface area contributed by atoms with Crippen molar-refractivity contribution in [1.29, 1.82) is 0 Å². The van der Waals surface area contributed by atoms with Gasteiger partial charge in [0.25, 0.3) is 0 Å². The van der Waals surface area contributed by atoms with Gasteiger partial charge in [-0.15, -0.1) is 0 Å². The van der Waals surface area contributed by atoms with Crippen molar-refractivity contribution in [3.05, 3.63) is 29.8 Å². The molecule has 2 aliphatic rings. The van der Waals surface area contributed by atoms with Gasteiger partial charge in [-0.1, -0.05) is 6.92 Å². The van der Waals surface area contributed by atoms with E-state index >= 15 is 0 Å². The summed E-state index contributed by atoms with van der Waals surface area (Å²) in [4.78, 5) is 4.28. The highest BCUT2D eigenvalue weighted by Gasteiger charge is 2.43. The Kier molecular flexibility index (Phi) is 4.52. The number of nitrogens with one attached hydrogen (secondary N) is 1. The summed E-state index contributed by atoms with van der Waals surface area (Å²) in [5, 5.41) is 3.42. The standard InChI is InChI=1S/C16H23FN2O2/c1-2-18-14(15-13(17)4-3-7-19-15)12-5-8-21-16(10-12)6-9-20-11-16/h3-4,7,12,14,18H,2,5-6,8-11H2,1H3. The van der Waals surface area contributed by atoms with E-state index in [0.29, 0.717) is 24.8 Å². The predicted molar refractivity (Wildman–Crippen MR) is 77.5 cm³/mol. The minimum atomic E-state index is -0.230. The van der Waals surface area contributed by atoms with Gasteiger partial charge >= 0.3 is 0 Å². The molecule has 0 aliphatic carbocycles. The Morgan fingerprint density at radius 2 is 2.43 bits per heavy atom. The van der Waals surface area contributed by atoms with Crippen LogP contribution < -0.4 is 5.32 Å². The molecule has 3 unspecified atom stereocenters. The molecular formula is C16H23FN2O2. The lowest BCUT2D eigenvalue weighted by Crippen LogP contribution is -2.44. The molecule has 3 rings (SSSR count). The molecule has 3 atom stereocenters. The third kappa shape index (κ3) is 3.10. The van der Waals surface area contributed by atoms with Crippen molar-refractivity contribution >= 4 is 0 Å². The van der Waals surface area contributed by atoms with E-state index in [2.05, 4.69) is 10.3 Å². The molecular weight excluding hydrogens is 271 g/mol. The average Bonchev–Trinajstić information content (AvgIpc) is 2.93. The number of hydrogen-bond donors (Lipinski definition) is 1. The molecule has 0 saturated carbocycles. The normalized spacial score (nSPS) is 30.7. The maximum absolute atomic E-state index is 14.1. The third-order valence-corrected chi connectivity index (χ3v) is 4.58. The predicted octanol–water partition coefficient (Wildman–Crippen LogP) is 2.46. The first-order valence-electron chi connectivity index (χ1n) is 7.79. The van der Waals surface area contributed by atoms with Gasteiger partial charge in [0.1, 0.15) is 5.82 Å². The van der Waals surface area contributed by atoms with Gasteiger partial charge in [-0.3, -0.25) is 4.98 Å². The van der Waals surface area contributed by atoms with Crippen LogP contribution in [0.15, 0.2) is 18.3 Å². The summed E-state index contributed by atoms with van der Waals surface area (Å²) in [5.41, 5.74) is 0.363. The fourth-order valence-corrected chi connectivity index (χ4v) is 3.55. The number of halogens is 1. The van der Waals surface area contributed by atoms with Gasteiger partial charge in [-0.05, 0) is 37.4 Å². The van der Waals surface area contributed by atoms with Crippen molar-refractivity contribution in [2.45, 2.75) is 37.8 Å². The molecule has 0 bridgehead atoms. The Morgan fingerprint density at radius 1 is 1.52 bits per heavy atom. The van der Waals surface area contributed by atoms with E-state index in [-0.39, 0.29) is 17.5 Å². The molecule has 1 aromatic rings. The van der Waals surface area contributed by atoms with E-state index in [4.69, 9.17) is 9.47 Å². The van der Waals surface area contributed by atoms with Crippen LogP contribution in [0.4, 0.5) is 4.39 Å². The Hall–Kier alpha value is -1.04. The summed E-state index contributed by atoms with van der Waals surface area (Å²) in [6.45, 7) is 4.97. The zero-order valence-electron chi connectivity index (χ0n) is 12.5. The molecule has 5 heteroatoms. The molecule has 0 aromatic carbocycles. The zero-order valence-corrected chi connectivity index (χ0v) is 12.5. The fraction of sp³-hybridized carbons (Fsp3) is 0.688. The van der Waals surface area contributed by atoms with Crippen LogP contribution in [0.3, 0.4) is 0 Å². The highest BCUT2D eigenvalue weighted by molar-refractivity contribution is 5.14. The number of rotatable bonds is 4. The molecule has 2 saturated heterocycles. The lowest BCUT2D eigenvalue weighted by atomic mass is 9.80. The van der Waals surface area contributed by atoms with Crippen LogP contribution in [-0.2, 0) is 9.47 Å². The van der Waals surface area contributed by atoms with Gasteiger partial charge in [0, 0.05) is 25.8 Å². The van der Waals surface area contributed by atoms with Crippen molar-refractivity contribution in [2.75, 3.05) is 26.4 Å². The average molecular weight is 294 g/mol. The molecule has 21 heavy (non-hydrogen) atoms. The highest BCUT2D eigenvalue weighted by atomic mass is 19.1.